The molecule has 0 saturated heterocycles. The van der Waals surface area contributed by atoms with Crippen LogP contribution < -0.4 is 0 Å². The van der Waals surface area contributed by atoms with Gasteiger partial charge in [0.25, 0.3) is 0 Å². The fraction of sp³-hybridized carbons (Fsp3) is 0.235. The van der Waals surface area contributed by atoms with E-state index in [1.807, 2.05) is 61.0 Å². The van der Waals surface area contributed by atoms with E-state index in [9.17, 15) is 0 Å². The van der Waals surface area contributed by atoms with Crippen LogP contribution in [-0.2, 0) is 5.41 Å². The summed E-state index contributed by atoms with van der Waals surface area (Å²) in [7, 11) is 0. The molecule has 5 rings (SSSR count). The first-order valence-electron chi connectivity index (χ1n) is 13.2. The van der Waals surface area contributed by atoms with Crippen molar-refractivity contribution in [3.63, 3.8) is 0 Å². The van der Waals surface area contributed by atoms with E-state index in [1.54, 1.807) is 0 Å². The number of rotatable bonds is 6. The zero-order valence-electron chi connectivity index (χ0n) is 21.9. The summed E-state index contributed by atoms with van der Waals surface area (Å²) in [5.74, 6) is 0. The second-order valence-corrected chi connectivity index (χ2v) is 11.1. The van der Waals surface area contributed by atoms with Crippen molar-refractivity contribution in [2.75, 3.05) is 0 Å². The molecule has 2 nitrogen and oxygen atoms in total. The summed E-state index contributed by atoms with van der Waals surface area (Å²) in [4.78, 5) is 9.54. The fourth-order valence-electron chi connectivity index (χ4n) is 5.56. The molecule has 0 unspecified atom stereocenters. The van der Waals surface area contributed by atoms with Gasteiger partial charge in [-0.25, -0.2) is 0 Å². The summed E-state index contributed by atoms with van der Waals surface area (Å²) >= 11 is 12.3. The van der Waals surface area contributed by atoms with Crippen molar-refractivity contribution < 1.29 is 0 Å². The minimum atomic E-state index is 0.0121. The van der Waals surface area contributed by atoms with Gasteiger partial charge in [-0.05, 0) is 96.5 Å². The Morgan fingerprint density at radius 3 is 1.50 bits per heavy atom. The van der Waals surface area contributed by atoms with Gasteiger partial charge in [-0.3, -0.25) is 9.98 Å². The number of halogens is 2. The zero-order chi connectivity index (χ0) is 26.5. The standard InChI is InChI=1S/C34H32Cl2N2/c1-24-18-28(12-14-32(24)37-22-26-8-6-10-30(35)20-26)34(16-4-3-5-17-34)29-13-15-33(25(2)19-29)38-23-27-9-7-11-31(36)21-27/h6-15,18-23H,3-5,16-17H2,1-2H3. The maximum atomic E-state index is 6.14. The normalized spacial score (nSPS) is 15.4. The molecule has 192 valence electrons. The molecule has 1 fully saturated rings. The van der Waals surface area contributed by atoms with E-state index in [2.05, 4.69) is 50.2 Å². The van der Waals surface area contributed by atoms with Gasteiger partial charge in [-0.15, -0.1) is 0 Å². The maximum absolute atomic E-state index is 6.14. The van der Waals surface area contributed by atoms with Crippen LogP contribution in [0.15, 0.2) is 94.9 Å². The van der Waals surface area contributed by atoms with E-state index < -0.39 is 0 Å². The van der Waals surface area contributed by atoms with E-state index in [0.717, 1.165) is 45.4 Å². The van der Waals surface area contributed by atoms with E-state index in [4.69, 9.17) is 33.2 Å². The highest BCUT2D eigenvalue weighted by molar-refractivity contribution is 6.31. The molecule has 38 heavy (non-hydrogen) atoms. The first-order valence-corrected chi connectivity index (χ1v) is 14.0. The highest BCUT2D eigenvalue weighted by Crippen LogP contribution is 2.46. The van der Waals surface area contributed by atoms with Crippen molar-refractivity contribution in [3.8, 4) is 0 Å². The van der Waals surface area contributed by atoms with Gasteiger partial charge in [0, 0.05) is 27.9 Å². The van der Waals surface area contributed by atoms with Gasteiger partial charge in [-0.1, -0.05) is 91.0 Å². The lowest BCUT2D eigenvalue weighted by Crippen LogP contribution is -2.30. The van der Waals surface area contributed by atoms with Crippen LogP contribution in [-0.4, -0.2) is 12.4 Å². The Kier molecular flexibility index (Phi) is 8.12. The summed E-state index contributed by atoms with van der Waals surface area (Å²) < 4.78 is 0. The third kappa shape index (κ3) is 5.93. The number of aliphatic imine (C=N–C) groups is 2. The van der Waals surface area contributed by atoms with Crippen LogP contribution in [0.2, 0.25) is 10.0 Å². The maximum Gasteiger partial charge on any atom is 0.0659 e. The molecule has 0 heterocycles. The van der Waals surface area contributed by atoms with Crippen LogP contribution in [0.4, 0.5) is 11.4 Å². The monoisotopic (exact) mass is 538 g/mol. The van der Waals surface area contributed by atoms with Gasteiger partial charge in [0.15, 0.2) is 0 Å². The highest BCUT2D eigenvalue weighted by atomic mass is 35.5. The van der Waals surface area contributed by atoms with Crippen molar-refractivity contribution in [1.29, 1.82) is 0 Å². The summed E-state index contributed by atoms with van der Waals surface area (Å²) in [6.45, 7) is 4.31. The van der Waals surface area contributed by atoms with Gasteiger partial charge >= 0.3 is 0 Å². The van der Waals surface area contributed by atoms with E-state index >= 15 is 0 Å². The Morgan fingerprint density at radius 1 is 0.605 bits per heavy atom. The van der Waals surface area contributed by atoms with Crippen molar-refractivity contribution in [1.82, 2.24) is 0 Å². The topological polar surface area (TPSA) is 24.7 Å². The van der Waals surface area contributed by atoms with E-state index in [-0.39, 0.29) is 5.41 Å². The quantitative estimate of drug-likeness (QED) is 0.218. The molecule has 1 saturated carbocycles. The smallest absolute Gasteiger partial charge is 0.0659 e. The summed E-state index contributed by atoms with van der Waals surface area (Å²) in [5.41, 5.74) is 9.12. The fourth-order valence-corrected chi connectivity index (χ4v) is 5.95. The van der Waals surface area contributed by atoms with Crippen molar-refractivity contribution in [3.05, 3.63) is 128 Å². The van der Waals surface area contributed by atoms with Crippen LogP contribution in [0.25, 0.3) is 0 Å². The second kappa shape index (κ2) is 11.7. The lowest BCUT2D eigenvalue weighted by atomic mass is 9.65. The van der Waals surface area contributed by atoms with Gasteiger partial charge in [0.2, 0.25) is 0 Å². The van der Waals surface area contributed by atoms with Crippen LogP contribution in [0.3, 0.4) is 0 Å². The molecule has 4 aromatic rings. The van der Waals surface area contributed by atoms with Gasteiger partial charge < -0.3 is 0 Å². The van der Waals surface area contributed by atoms with Crippen molar-refractivity contribution >= 4 is 47.0 Å². The first kappa shape index (κ1) is 26.4. The Balaban J connectivity index is 1.45. The molecule has 0 bridgehead atoms. The van der Waals surface area contributed by atoms with E-state index in [1.165, 1.54) is 41.5 Å². The second-order valence-electron chi connectivity index (χ2n) is 10.3. The van der Waals surface area contributed by atoms with Crippen LogP contribution in [0, 0.1) is 13.8 Å². The van der Waals surface area contributed by atoms with Gasteiger partial charge in [0.1, 0.15) is 0 Å². The average molecular weight is 540 g/mol. The molecule has 4 aromatic carbocycles. The van der Waals surface area contributed by atoms with Crippen LogP contribution in [0.1, 0.15) is 65.5 Å². The predicted molar refractivity (Wildman–Crippen MR) is 164 cm³/mol. The Bertz CT molecular complexity index is 1390. The molecule has 0 atom stereocenters. The Hall–Kier alpha value is -3.20. The van der Waals surface area contributed by atoms with Crippen LogP contribution >= 0.6 is 23.2 Å². The molecular weight excluding hydrogens is 507 g/mol. The molecule has 0 N–H and O–H groups in total. The third-order valence-electron chi connectivity index (χ3n) is 7.61. The number of hydrogen-bond donors (Lipinski definition) is 0. The zero-order valence-corrected chi connectivity index (χ0v) is 23.4. The Morgan fingerprint density at radius 2 is 1.08 bits per heavy atom. The highest BCUT2D eigenvalue weighted by Gasteiger charge is 2.36. The lowest BCUT2D eigenvalue weighted by molar-refractivity contribution is 0.346. The molecule has 0 amide bonds. The molecule has 0 aliphatic heterocycles. The SMILES string of the molecule is Cc1cc(C2(c3ccc(N=Cc4cccc(Cl)c4)c(C)c3)CCCCC2)ccc1N=Cc1cccc(Cl)c1. The lowest BCUT2D eigenvalue weighted by Gasteiger charge is -2.39. The Labute approximate surface area is 236 Å². The molecule has 1 aliphatic carbocycles. The van der Waals surface area contributed by atoms with Crippen molar-refractivity contribution in [2.45, 2.75) is 51.4 Å². The predicted octanol–water partition coefficient (Wildman–Crippen LogP) is 10.4. The molecular formula is C34H32Cl2N2. The number of aryl methyl sites for hydroxylation is 2. The molecule has 1 aliphatic rings. The summed E-state index contributed by atoms with van der Waals surface area (Å²) in [6.07, 6.45) is 9.85. The third-order valence-corrected chi connectivity index (χ3v) is 8.08. The number of nitrogens with zero attached hydrogens (tertiary/aromatic N) is 2. The van der Waals surface area contributed by atoms with Gasteiger partial charge in [-0.2, -0.15) is 0 Å². The molecule has 0 spiro atoms. The first-order chi connectivity index (χ1) is 18.4. The molecule has 4 heteroatoms. The minimum Gasteiger partial charge on any atom is -0.256 e. The van der Waals surface area contributed by atoms with Crippen molar-refractivity contribution in [2.24, 2.45) is 9.98 Å². The summed E-state index contributed by atoms with van der Waals surface area (Å²) in [6, 6.07) is 29.1. The largest absolute Gasteiger partial charge is 0.256 e. The molecule has 0 aromatic heterocycles. The minimum absolute atomic E-state index is 0.0121. The van der Waals surface area contributed by atoms with Crippen LogP contribution in [0.5, 0.6) is 0 Å². The molecule has 0 radical (unpaired) electrons. The van der Waals surface area contributed by atoms with E-state index in [0.29, 0.717) is 0 Å². The summed E-state index contributed by atoms with van der Waals surface area (Å²) in [5, 5.41) is 1.44. The number of hydrogen-bond acceptors (Lipinski definition) is 2. The average Bonchev–Trinajstić information content (AvgIpc) is 2.92. The number of benzene rings is 4. The van der Waals surface area contributed by atoms with Gasteiger partial charge in [0.05, 0.1) is 11.4 Å².